The molecule has 1 amide bonds. The summed E-state index contributed by atoms with van der Waals surface area (Å²) in [5.41, 5.74) is 0. The number of carboxylic acid groups (broad SMARTS) is 1. The monoisotopic (exact) mass is 313 g/mol. The molecule has 1 aliphatic carbocycles. The zero-order valence-corrected chi connectivity index (χ0v) is 12.3. The predicted molar refractivity (Wildman–Crippen MR) is 73.4 cm³/mol. The van der Waals surface area contributed by atoms with E-state index in [2.05, 4.69) is 0 Å². The second-order valence-corrected chi connectivity index (χ2v) is 5.33. The summed E-state index contributed by atoms with van der Waals surface area (Å²) in [5.74, 6) is -3.65. The molecule has 1 aromatic rings. The number of aliphatic carboxylic acids is 1. The Balaban J connectivity index is 2.09. The first kappa shape index (κ1) is 16.2. The van der Waals surface area contributed by atoms with Crippen molar-refractivity contribution in [3.05, 3.63) is 29.8 Å². The molecule has 1 fully saturated rings. The number of hydrogen-bond acceptors (Lipinski definition) is 3. The van der Waals surface area contributed by atoms with Crippen molar-refractivity contribution < 1.29 is 28.2 Å². The number of hydrogen-bond donors (Lipinski definition) is 1. The molecule has 0 bridgehead atoms. The molecule has 120 valence electrons. The van der Waals surface area contributed by atoms with E-state index >= 15 is 0 Å². The van der Waals surface area contributed by atoms with Gasteiger partial charge in [-0.05, 0) is 38.8 Å². The van der Waals surface area contributed by atoms with Gasteiger partial charge in [-0.25, -0.2) is 13.6 Å². The summed E-state index contributed by atoms with van der Waals surface area (Å²) in [6.45, 7) is 2.89. The Morgan fingerprint density at radius 2 is 1.91 bits per heavy atom. The van der Waals surface area contributed by atoms with Crippen LogP contribution in [0.25, 0.3) is 0 Å². The standard InChI is InChI=1S/C15H17F2NO4/c1-8(15(20)21)18(10-3-4-10)14(19)9(2)22-11-5-6-12(16)13(17)7-11/h5-10H,3-4H2,1-2H3,(H,20,21). The summed E-state index contributed by atoms with van der Waals surface area (Å²) in [4.78, 5) is 24.8. The van der Waals surface area contributed by atoms with Gasteiger partial charge in [0.1, 0.15) is 11.8 Å². The van der Waals surface area contributed by atoms with Gasteiger partial charge >= 0.3 is 5.97 Å². The lowest BCUT2D eigenvalue weighted by atomic mass is 10.2. The van der Waals surface area contributed by atoms with Gasteiger partial charge in [-0.3, -0.25) is 4.79 Å². The van der Waals surface area contributed by atoms with Gasteiger partial charge in [0.05, 0.1) is 0 Å². The van der Waals surface area contributed by atoms with E-state index in [9.17, 15) is 18.4 Å². The molecular weight excluding hydrogens is 296 g/mol. The smallest absolute Gasteiger partial charge is 0.326 e. The van der Waals surface area contributed by atoms with Crippen LogP contribution in [0.1, 0.15) is 26.7 Å². The highest BCUT2D eigenvalue weighted by Gasteiger charge is 2.40. The first-order chi connectivity index (χ1) is 10.3. The Morgan fingerprint density at radius 1 is 1.27 bits per heavy atom. The first-order valence-corrected chi connectivity index (χ1v) is 6.98. The van der Waals surface area contributed by atoms with Gasteiger partial charge in [0.15, 0.2) is 17.7 Å². The molecule has 0 saturated heterocycles. The molecule has 0 heterocycles. The highest BCUT2D eigenvalue weighted by Crippen LogP contribution is 2.30. The van der Waals surface area contributed by atoms with Gasteiger partial charge in [-0.15, -0.1) is 0 Å². The number of carbonyl (C=O) groups is 2. The molecule has 2 rings (SSSR count). The van der Waals surface area contributed by atoms with E-state index in [-0.39, 0.29) is 11.8 Å². The summed E-state index contributed by atoms with van der Waals surface area (Å²) < 4.78 is 31.3. The van der Waals surface area contributed by atoms with Gasteiger partial charge in [-0.1, -0.05) is 0 Å². The quantitative estimate of drug-likeness (QED) is 0.874. The Bertz CT molecular complexity index is 589. The molecule has 7 heteroatoms. The molecule has 1 saturated carbocycles. The highest BCUT2D eigenvalue weighted by atomic mass is 19.2. The number of carboxylic acids is 1. The minimum absolute atomic E-state index is 0.0125. The maximum absolute atomic E-state index is 13.1. The number of benzene rings is 1. The van der Waals surface area contributed by atoms with Crippen molar-refractivity contribution in [2.75, 3.05) is 0 Å². The summed E-state index contributed by atoms with van der Waals surface area (Å²) in [5, 5.41) is 9.09. The van der Waals surface area contributed by atoms with Crippen LogP contribution in [-0.2, 0) is 9.59 Å². The molecule has 22 heavy (non-hydrogen) atoms. The molecular formula is C15H17F2NO4. The lowest BCUT2D eigenvalue weighted by Crippen LogP contribution is -2.49. The number of halogens is 2. The van der Waals surface area contributed by atoms with E-state index in [0.717, 1.165) is 25.0 Å². The fourth-order valence-electron chi connectivity index (χ4n) is 2.17. The molecule has 1 N–H and O–H groups in total. The predicted octanol–water partition coefficient (Wildman–Crippen LogP) is 2.20. The molecule has 2 unspecified atom stereocenters. The molecule has 0 aromatic heterocycles. The van der Waals surface area contributed by atoms with Crippen molar-refractivity contribution in [2.24, 2.45) is 0 Å². The maximum Gasteiger partial charge on any atom is 0.326 e. The Morgan fingerprint density at radius 3 is 2.41 bits per heavy atom. The van der Waals surface area contributed by atoms with Gasteiger partial charge in [0, 0.05) is 12.1 Å². The van der Waals surface area contributed by atoms with E-state index in [1.54, 1.807) is 0 Å². The van der Waals surface area contributed by atoms with E-state index in [1.807, 2.05) is 0 Å². The number of carbonyl (C=O) groups excluding carboxylic acids is 1. The van der Waals surface area contributed by atoms with Gasteiger partial charge in [0.25, 0.3) is 5.91 Å². The molecule has 0 spiro atoms. The largest absolute Gasteiger partial charge is 0.481 e. The molecule has 1 aromatic carbocycles. The number of rotatable bonds is 6. The number of nitrogens with zero attached hydrogens (tertiary/aromatic N) is 1. The van der Waals surface area contributed by atoms with Crippen molar-refractivity contribution in [1.29, 1.82) is 0 Å². The SMILES string of the molecule is CC(Oc1ccc(F)c(F)c1)C(=O)N(C1CC1)C(C)C(=O)O. The minimum atomic E-state index is -1.10. The molecule has 1 aliphatic rings. The average molecular weight is 313 g/mol. The normalized spacial score (nSPS) is 16.7. The van der Waals surface area contributed by atoms with Crippen LogP contribution < -0.4 is 4.74 Å². The topological polar surface area (TPSA) is 66.8 Å². The van der Waals surface area contributed by atoms with Crippen LogP contribution in [0.5, 0.6) is 5.75 Å². The highest BCUT2D eigenvalue weighted by molar-refractivity contribution is 5.86. The van der Waals surface area contributed by atoms with E-state index in [1.165, 1.54) is 24.8 Å². The van der Waals surface area contributed by atoms with Crippen molar-refractivity contribution in [2.45, 2.75) is 44.9 Å². The second-order valence-electron chi connectivity index (χ2n) is 5.33. The first-order valence-electron chi connectivity index (χ1n) is 6.98. The summed E-state index contributed by atoms with van der Waals surface area (Å²) in [6, 6.07) is 1.90. The van der Waals surface area contributed by atoms with Gasteiger partial charge < -0.3 is 14.7 Å². The molecule has 0 aliphatic heterocycles. The zero-order chi connectivity index (χ0) is 16.4. The number of ether oxygens (including phenoxy) is 1. The summed E-state index contributed by atoms with van der Waals surface area (Å²) in [7, 11) is 0. The van der Waals surface area contributed by atoms with Crippen LogP contribution in [-0.4, -0.2) is 40.1 Å². The van der Waals surface area contributed by atoms with Crippen molar-refractivity contribution in [1.82, 2.24) is 4.90 Å². The van der Waals surface area contributed by atoms with Gasteiger partial charge in [-0.2, -0.15) is 0 Å². The third-order valence-electron chi connectivity index (χ3n) is 3.52. The lowest BCUT2D eigenvalue weighted by Gasteiger charge is -2.29. The molecule has 5 nitrogen and oxygen atoms in total. The van der Waals surface area contributed by atoms with E-state index in [4.69, 9.17) is 9.84 Å². The van der Waals surface area contributed by atoms with E-state index in [0.29, 0.717) is 0 Å². The van der Waals surface area contributed by atoms with Crippen LogP contribution in [0, 0.1) is 11.6 Å². The minimum Gasteiger partial charge on any atom is -0.481 e. The average Bonchev–Trinajstić information content (AvgIpc) is 3.27. The summed E-state index contributed by atoms with van der Waals surface area (Å²) >= 11 is 0. The third kappa shape index (κ3) is 3.52. The Labute approximate surface area is 126 Å². The van der Waals surface area contributed by atoms with Crippen LogP contribution in [0.3, 0.4) is 0 Å². The van der Waals surface area contributed by atoms with E-state index < -0.39 is 35.7 Å². The summed E-state index contributed by atoms with van der Waals surface area (Å²) in [6.07, 6.45) is 0.509. The van der Waals surface area contributed by atoms with Crippen LogP contribution >= 0.6 is 0 Å². The second kappa shape index (κ2) is 6.29. The van der Waals surface area contributed by atoms with Crippen LogP contribution in [0.15, 0.2) is 18.2 Å². The van der Waals surface area contributed by atoms with Gasteiger partial charge in [0.2, 0.25) is 0 Å². The third-order valence-corrected chi connectivity index (χ3v) is 3.52. The maximum atomic E-state index is 13.1. The lowest BCUT2D eigenvalue weighted by molar-refractivity contribution is -0.153. The Hall–Kier alpha value is -2.18. The fraction of sp³-hybridized carbons (Fsp3) is 0.467. The van der Waals surface area contributed by atoms with Crippen LogP contribution in [0.2, 0.25) is 0 Å². The molecule has 2 atom stereocenters. The van der Waals surface area contributed by atoms with Crippen LogP contribution in [0.4, 0.5) is 8.78 Å². The van der Waals surface area contributed by atoms with Crippen molar-refractivity contribution in [3.8, 4) is 5.75 Å². The number of amides is 1. The Kier molecular flexibility index (Phi) is 4.63. The van der Waals surface area contributed by atoms with Crippen molar-refractivity contribution >= 4 is 11.9 Å². The molecule has 0 radical (unpaired) electrons. The van der Waals surface area contributed by atoms with Crippen molar-refractivity contribution in [3.63, 3.8) is 0 Å². The zero-order valence-electron chi connectivity index (χ0n) is 12.3. The fourth-order valence-corrected chi connectivity index (χ4v) is 2.17.